The van der Waals surface area contributed by atoms with Crippen LogP contribution in [0.5, 0.6) is 0 Å². The normalized spacial score (nSPS) is 10.0. The Kier molecular flexibility index (Phi) is 10.6. The van der Waals surface area contributed by atoms with Gasteiger partial charge in [-0.05, 0) is 0 Å². The molecule has 0 heterocycles. The van der Waals surface area contributed by atoms with Crippen molar-refractivity contribution >= 4 is 11.9 Å². The van der Waals surface area contributed by atoms with E-state index in [0.29, 0.717) is 0 Å². The van der Waals surface area contributed by atoms with E-state index in [1.807, 2.05) is 0 Å². The molecule has 0 atom stereocenters. The highest BCUT2D eigenvalue weighted by molar-refractivity contribution is 5.88. The summed E-state index contributed by atoms with van der Waals surface area (Å²) in [5.74, 6) is -27.7. The van der Waals surface area contributed by atoms with Crippen molar-refractivity contribution in [2.45, 2.75) is 0 Å². The van der Waals surface area contributed by atoms with Gasteiger partial charge in [-0.1, -0.05) is 0 Å². The fourth-order valence-corrected chi connectivity index (χ4v) is 1.59. The molecule has 2 rings (SSSR count). The van der Waals surface area contributed by atoms with Gasteiger partial charge in [0, 0.05) is 0 Å². The Morgan fingerprint density at radius 1 is 0.438 bits per heavy atom. The van der Waals surface area contributed by atoms with E-state index in [1.54, 1.807) is 0 Å². The molecule has 0 amide bonds. The average Bonchev–Trinajstić information content (AvgIpc) is 2.74. The molecule has 32 heavy (non-hydrogen) atoms. The van der Waals surface area contributed by atoms with Gasteiger partial charge in [-0.3, -0.25) is 0 Å². The predicted molar refractivity (Wildman–Crippen MR) is 80.6 cm³/mol. The van der Waals surface area contributed by atoms with Crippen molar-refractivity contribution in [1.29, 1.82) is 0 Å². The highest BCUT2D eigenvalue weighted by Crippen LogP contribution is 2.23. The second-order valence-corrected chi connectivity index (χ2v) is 4.95. The number of hydrogen-bond acceptors (Lipinski definition) is 4. The lowest BCUT2D eigenvalue weighted by molar-refractivity contribution is 0.0671. The van der Waals surface area contributed by atoms with Crippen molar-refractivity contribution < 1.29 is 73.9 Å². The van der Waals surface area contributed by atoms with E-state index in [2.05, 4.69) is 0 Å². The zero-order chi connectivity index (χ0) is 25.5. The Hall–Kier alpha value is -3.40. The van der Waals surface area contributed by atoms with Crippen LogP contribution in [-0.2, 0) is 0 Å². The molecule has 16 heteroatoms. The summed E-state index contributed by atoms with van der Waals surface area (Å²) >= 11 is 0. The maximum Gasteiger partial charge on any atom is 0.341 e. The molecule has 4 N–H and O–H groups in total. The summed E-state index contributed by atoms with van der Waals surface area (Å²) in [6.07, 6.45) is 0. The highest BCUT2D eigenvalue weighted by atomic mass is 19.2. The summed E-state index contributed by atoms with van der Waals surface area (Å²) in [7, 11) is 0. The Morgan fingerprint density at radius 3 is 0.719 bits per heavy atom. The third-order valence-corrected chi connectivity index (χ3v) is 2.95. The van der Waals surface area contributed by atoms with E-state index in [0.717, 1.165) is 0 Å². The number of aliphatic hydroxyl groups is 2. The van der Waals surface area contributed by atoms with Crippen LogP contribution in [0.3, 0.4) is 0 Å². The van der Waals surface area contributed by atoms with Gasteiger partial charge in [0.15, 0.2) is 46.5 Å². The van der Waals surface area contributed by atoms with Gasteiger partial charge in [0.05, 0.1) is 13.2 Å². The van der Waals surface area contributed by atoms with Crippen molar-refractivity contribution in [3.63, 3.8) is 0 Å². The molecule has 0 fully saturated rings. The lowest BCUT2D eigenvalue weighted by Crippen LogP contribution is -2.11. The van der Waals surface area contributed by atoms with E-state index in [9.17, 15) is 53.5 Å². The standard InChI is InChI=1S/2C7HF5O2.C2H6O2/c2*8-2-1(7(13)14)3(9)5(11)6(12)4(2)10;3-1-2-4/h2*(H,13,14);3-4H,1-2H2. The minimum Gasteiger partial charge on any atom is -0.477 e. The van der Waals surface area contributed by atoms with Crippen molar-refractivity contribution in [1.82, 2.24) is 0 Å². The van der Waals surface area contributed by atoms with E-state index in [1.165, 1.54) is 0 Å². The zero-order valence-corrected chi connectivity index (χ0v) is 14.8. The van der Waals surface area contributed by atoms with E-state index < -0.39 is 81.2 Å². The van der Waals surface area contributed by atoms with Crippen LogP contribution in [0.15, 0.2) is 0 Å². The minimum atomic E-state index is -2.38. The molecule has 178 valence electrons. The molecule has 2 aromatic carbocycles. The molecule has 0 bridgehead atoms. The number of hydrogen-bond donors (Lipinski definition) is 4. The van der Waals surface area contributed by atoms with Gasteiger partial charge in [-0.2, -0.15) is 0 Å². The fraction of sp³-hybridized carbons (Fsp3) is 0.125. The number of carbonyl (C=O) groups is 2. The van der Waals surface area contributed by atoms with Crippen LogP contribution in [0.2, 0.25) is 0 Å². The number of rotatable bonds is 3. The van der Waals surface area contributed by atoms with Crippen molar-refractivity contribution in [3.05, 3.63) is 69.3 Å². The molecule has 0 spiro atoms. The molecule has 0 aliphatic heterocycles. The highest BCUT2D eigenvalue weighted by Gasteiger charge is 2.30. The van der Waals surface area contributed by atoms with Crippen LogP contribution < -0.4 is 0 Å². The molecule has 0 aliphatic rings. The van der Waals surface area contributed by atoms with Crippen molar-refractivity contribution in [2.75, 3.05) is 13.2 Å². The Balaban J connectivity index is 0.000000515. The van der Waals surface area contributed by atoms with E-state index >= 15 is 0 Å². The Labute approximate surface area is 169 Å². The maximum absolute atomic E-state index is 12.6. The van der Waals surface area contributed by atoms with Gasteiger partial charge in [0.1, 0.15) is 11.1 Å². The number of halogens is 10. The van der Waals surface area contributed by atoms with Crippen LogP contribution in [-0.4, -0.2) is 45.6 Å². The van der Waals surface area contributed by atoms with Gasteiger partial charge in [0.2, 0.25) is 11.6 Å². The molecule has 0 saturated heterocycles. The third kappa shape index (κ3) is 6.07. The topological polar surface area (TPSA) is 115 Å². The van der Waals surface area contributed by atoms with Crippen LogP contribution in [0, 0.1) is 58.2 Å². The van der Waals surface area contributed by atoms with Crippen LogP contribution in [0.25, 0.3) is 0 Å². The first-order chi connectivity index (χ1) is 14.7. The van der Waals surface area contributed by atoms with Crippen LogP contribution >= 0.6 is 0 Å². The Bertz CT molecular complexity index is 888. The van der Waals surface area contributed by atoms with E-state index in [4.69, 9.17) is 20.4 Å². The number of benzene rings is 2. The summed E-state index contributed by atoms with van der Waals surface area (Å²) in [5, 5.41) is 31.6. The summed E-state index contributed by atoms with van der Waals surface area (Å²) in [6.45, 7) is -0.250. The molecule has 0 saturated carbocycles. The first-order valence-corrected chi connectivity index (χ1v) is 7.38. The van der Waals surface area contributed by atoms with Gasteiger partial charge in [-0.15, -0.1) is 0 Å². The smallest absolute Gasteiger partial charge is 0.341 e. The quantitative estimate of drug-likeness (QED) is 0.301. The summed E-state index contributed by atoms with van der Waals surface area (Å²) < 4.78 is 124. The number of carboxylic acids is 2. The molecular weight excluding hydrogens is 478 g/mol. The van der Waals surface area contributed by atoms with Gasteiger partial charge < -0.3 is 20.4 Å². The fourth-order valence-electron chi connectivity index (χ4n) is 1.59. The first kappa shape index (κ1) is 28.6. The SMILES string of the molecule is O=C(O)c1c(F)c(F)c(F)c(F)c1F.O=C(O)c1c(F)c(F)c(F)c(F)c1F.OCCO. The molecular formula is C16H8F10O6. The molecule has 2 aromatic rings. The monoisotopic (exact) mass is 486 g/mol. The van der Waals surface area contributed by atoms with Crippen molar-refractivity contribution in [2.24, 2.45) is 0 Å². The summed E-state index contributed by atoms with van der Waals surface area (Å²) in [5.41, 5.74) is -3.72. The maximum atomic E-state index is 12.6. The first-order valence-electron chi connectivity index (χ1n) is 7.38. The lowest BCUT2D eigenvalue weighted by atomic mass is 10.1. The van der Waals surface area contributed by atoms with Gasteiger partial charge in [-0.25, -0.2) is 53.5 Å². The van der Waals surface area contributed by atoms with Gasteiger partial charge >= 0.3 is 11.9 Å². The molecule has 0 aliphatic carbocycles. The lowest BCUT2D eigenvalue weighted by Gasteiger charge is -2.03. The van der Waals surface area contributed by atoms with Crippen molar-refractivity contribution in [3.8, 4) is 0 Å². The summed E-state index contributed by atoms with van der Waals surface area (Å²) in [6, 6.07) is 0. The molecule has 0 aromatic heterocycles. The number of aromatic carboxylic acids is 2. The second kappa shape index (κ2) is 11.8. The van der Waals surface area contributed by atoms with Crippen LogP contribution in [0.4, 0.5) is 43.9 Å². The molecule has 0 radical (unpaired) electrons. The number of aliphatic hydroxyl groups excluding tert-OH is 2. The largest absolute Gasteiger partial charge is 0.477 e. The third-order valence-electron chi connectivity index (χ3n) is 2.95. The van der Waals surface area contributed by atoms with Gasteiger partial charge in [0.25, 0.3) is 0 Å². The summed E-state index contributed by atoms with van der Waals surface area (Å²) in [4.78, 5) is 20.2. The number of carboxylic acid groups (broad SMARTS) is 2. The van der Waals surface area contributed by atoms with Crippen LogP contribution in [0.1, 0.15) is 20.7 Å². The molecule has 0 unspecified atom stereocenters. The Morgan fingerprint density at radius 2 is 0.594 bits per heavy atom. The minimum absolute atomic E-state index is 0.125. The predicted octanol–water partition coefficient (Wildman–Crippen LogP) is 3.13. The zero-order valence-electron chi connectivity index (χ0n) is 14.8. The average molecular weight is 486 g/mol. The second-order valence-electron chi connectivity index (χ2n) is 4.95. The van der Waals surface area contributed by atoms with E-state index in [-0.39, 0.29) is 13.2 Å². The molecule has 6 nitrogen and oxygen atoms in total.